The number of carbonyl (C=O) groups excluding carboxylic acids is 1. The first-order valence-electron chi connectivity index (χ1n) is 2.69. The molecule has 0 atom stereocenters. The van der Waals surface area contributed by atoms with E-state index < -0.39 is 10.8 Å². The van der Waals surface area contributed by atoms with Crippen LogP contribution in [0, 0.1) is 0 Å². The molecule has 10 heavy (non-hydrogen) atoms. The van der Waals surface area contributed by atoms with Gasteiger partial charge in [-0.1, -0.05) is 23.2 Å². The Labute approximate surface area is 74.4 Å². The van der Waals surface area contributed by atoms with Gasteiger partial charge in [0.2, 0.25) is 4.84 Å². The molecule has 0 rings (SSSR count). The van der Waals surface area contributed by atoms with Crippen LogP contribution in [0.3, 0.4) is 0 Å². The summed E-state index contributed by atoms with van der Waals surface area (Å²) in [7, 11) is 0. The molecule has 0 radical (unpaired) electrons. The molecule has 0 heterocycles. The molecule has 5 heteroatoms. The van der Waals surface area contributed by atoms with Gasteiger partial charge in [0.05, 0.1) is 6.61 Å². The molecule has 60 valence electrons. The monoisotopic (exact) mass is 204 g/mol. The lowest BCUT2D eigenvalue weighted by molar-refractivity contribution is -0.141. The van der Waals surface area contributed by atoms with Crippen molar-refractivity contribution in [3.8, 4) is 0 Å². The Morgan fingerprint density at radius 1 is 1.50 bits per heavy atom. The average molecular weight is 205 g/mol. The number of esters is 1. The third-order valence-electron chi connectivity index (χ3n) is 0.700. The van der Waals surface area contributed by atoms with Crippen molar-refractivity contribution in [3.63, 3.8) is 0 Å². The second kappa shape index (κ2) is 6.08. The summed E-state index contributed by atoms with van der Waals surface area (Å²) in [5.74, 6) is -0.156. The van der Waals surface area contributed by atoms with Gasteiger partial charge in [-0.25, -0.2) is 4.79 Å². The first kappa shape index (κ1) is 10.3. The molecular weight excluding hydrogens is 198 g/mol. The predicted molar refractivity (Wildman–Crippen MR) is 41.8 cm³/mol. The van der Waals surface area contributed by atoms with Crippen molar-refractivity contribution in [2.45, 2.75) is 11.3 Å². The Kier molecular flexibility index (Phi) is 6.28. The van der Waals surface area contributed by atoms with Gasteiger partial charge >= 0.3 is 5.97 Å². The highest BCUT2D eigenvalue weighted by atomic mass is 35.5. The van der Waals surface area contributed by atoms with Crippen LogP contribution in [0.25, 0.3) is 0 Å². The van der Waals surface area contributed by atoms with Crippen LogP contribution in [0.15, 0.2) is 0 Å². The summed E-state index contributed by atoms with van der Waals surface area (Å²) in [6.07, 6.45) is 0.619. The summed E-state index contributed by atoms with van der Waals surface area (Å²) in [6, 6.07) is 0. The summed E-state index contributed by atoms with van der Waals surface area (Å²) in [4.78, 5) is 9.40. The van der Waals surface area contributed by atoms with Gasteiger partial charge in [-0.3, -0.25) is 0 Å². The Morgan fingerprint density at radius 2 is 2.10 bits per heavy atom. The first-order chi connectivity index (χ1) is 4.68. The van der Waals surface area contributed by atoms with Crippen LogP contribution in [0.4, 0.5) is 0 Å². The Morgan fingerprint density at radius 3 is 2.50 bits per heavy atom. The second-order valence-electron chi connectivity index (χ2n) is 1.51. The lowest BCUT2D eigenvalue weighted by Crippen LogP contribution is -2.13. The molecule has 0 amide bonds. The van der Waals surface area contributed by atoms with E-state index in [-0.39, 0.29) is 6.61 Å². The summed E-state index contributed by atoms with van der Waals surface area (Å²) < 4.78 is 4.56. The zero-order valence-corrected chi connectivity index (χ0v) is 7.42. The lowest BCUT2D eigenvalue weighted by Gasteiger charge is -2.01. The fourth-order valence-electron chi connectivity index (χ4n) is 0.290. The number of rotatable bonds is 4. The molecule has 0 aliphatic heterocycles. The van der Waals surface area contributed by atoms with Crippen LogP contribution in [-0.2, 0) is 9.53 Å². The average Bonchev–Trinajstić information content (AvgIpc) is 1.88. The second-order valence-corrected chi connectivity index (χ2v) is 2.98. The standard InChI is InChI=1S/C5H7Cl3O2/c6-2-1-3-10-5(9)4(7)8/h4H,1-3H2. The molecule has 0 saturated heterocycles. The minimum atomic E-state index is -1.09. The van der Waals surface area contributed by atoms with Crippen molar-refractivity contribution >= 4 is 40.8 Å². The Balaban J connectivity index is 3.22. The molecule has 0 aromatic heterocycles. The number of halogens is 3. The van der Waals surface area contributed by atoms with Crippen LogP contribution in [0.5, 0.6) is 0 Å². The van der Waals surface area contributed by atoms with E-state index in [4.69, 9.17) is 34.8 Å². The maximum atomic E-state index is 10.5. The van der Waals surface area contributed by atoms with E-state index in [9.17, 15) is 4.79 Å². The number of hydrogen-bond acceptors (Lipinski definition) is 2. The fourth-order valence-corrected chi connectivity index (χ4v) is 0.525. The topological polar surface area (TPSA) is 26.3 Å². The molecule has 0 saturated carbocycles. The largest absolute Gasteiger partial charge is 0.464 e. The van der Waals surface area contributed by atoms with Crippen LogP contribution in [-0.4, -0.2) is 23.3 Å². The quantitative estimate of drug-likeness (QED) is 0.398. The normalized spacial score (nSPS) is 10.0. The third-order valence-corrected chi connectivity index (χ3v) is 1.32. The molecular formula is C5H7Cl3O2. The van der Waals surface area contributed by atoms with Gasteiger partial charge in [-0.15, -0.1) is 11.6 Å². The minimum absolute atomic E-state index is 0.276. The van der Waals surface area contributed by atoms with Crippen LogP contribution in [0.1, 0.15) is 6.42 Å². The van der Waals surface area contributed by atoms with Crippen molar-refractivity contribution in [2.24, 2.45) is 0 Å². The molecule has 0 fully saturated rings. The van der Waals surface area contributed by atoms with Crippen molar-refractivity contribution in [1.82, 2.24) is 0 Å². The van der Waals surface area contributed by atoms with E-state index in [1.165, 1.54) is 0 Å². The summed E-state index contributed by atoms with van der Waals surface area (Å²) in [5, 5.41) is 0. The van der Waals surface area contributed by atoms with E-state index in [1.807, 2.05) is 0 Å². The SMILES string of the molecule is O=C(OCCCCl)C(Cl)Cl. The predicted octanol–water partition coefficient (Wildman–Crippen LogP) is 1.96. The smallest absolute Gasteiger partial charge is 0.339 e. The number of ether oxygens (including phenoxy) is 1. The van der Waals surface area contributed by atoms with Gasteiger partial charge < -0.3 is 4.74 Å². The fraction of sp³-hybridized carbons (Fsp3) is 0.800. The van der Waals surface area contributed by atoms with Gasteiger partial charge in [0, 0.05) is 5.88 Å². The number of alkyl halides is 3. The lowest BCUT2D eigenvalue weighted by atomic mass is 10.5. The van der Waals surface area contributed by atoms with Crippen molar-refractivity contribution in [2.75, 3.05) is 12.5 Å². The number of hydrogen-bond donors (Lipinski definition) is 0. The van der Waals surface area contributed by atoms with Gasteiger partial charge in [0.1, 0.15) is 0 Å². The molecule has 0 aromatic rings. The molecule has 0 bridgehead atoms. The third kappa shape index (κ3) is 5.15. The van der Waals surface area contributed by atoms with Gasteiger partial charge in [-0.05, 0) is 6.42 Å². The molecule has 0 aliphatic carbocycles. The van der Waals surface area contributed by atoms with Gasteiger partial charge in [-0.2, -0.15) is 0 Å². The Bertz CT molecular complexity index is 105. The maximum absolute atomic E-state index is 10.5. The van der Waals surface area contributed by atoms with E-state index in [1.54, 1.807) is 0 Å². The highest BCUT2D eigenvalue weighted by Crippen LogP contribution is 2.03. The molecule has 0 spiro atoms. The van der Waals surface area contributed by atoms with Crippen LogP contribution < -0.4 is 0 Å². The minimum Gasteiger partial charge on any atom is -0.464 e. The number of carbonyl (C=O) groups is 1. The van der Waals surface area contributed by atoms with Crippen molar-refractivity contribution < 1.29 is 9.53 Å². The van der Waals surface area contributed by atoms with Crippen LogP contribution in [0.2, 0.25) is 0 Å². The van der Waals surface area contributed by atoms with Crippen LogP contribution >= 0.6 is 34.8 Å². The molecule has 2 nitrogen and oxygen atoms in total. The summed E-state index contributed by atoms with van der Waals surface area (Å²) in [6.45, 7) is 0.276. The summed E-state index contributed by atoms with van der Waals surface area (Å²) in [5.41, 5.74) is 0. The van der Waals surface area contributed by atoms with E-state index in [0.717, 1.165) is 0 Å². The first-order valence-corrected chi connectivity index (χ1v) is 4.10. The van der Waals surface area contributed by atoms with E-state index in [2.05, 4.69) is 4.74 Å². The highest BCUT2D eigenvalue weighted by molar-refractivity contribution is 6.52. The van der Waals surface area contributed by atoms with Gasteiger partial charge in [0.15, 0.2) is 0 Å². The highest BCUT2D eigenvalue weighted by Gasteiger charge is 2.11. The Hall–Kier alpha value is 0.340. The van der Waals surface area contributed by atoms with Crippen molar-refractivity contribution in [1.29, 1.82) is 0 Å². The summed E-state index contributed by atoms with van der Waals surface area (Å²) >= 11 is 15.6. The van der Waals surface area contributed by atoms with Gasteiger partial charge in [0.25, 0.3) is 0 Å². The maximum Gasteiger partial charge on any atom is 0.339 e. The molecule has 0 N–H and O–H groups in total. The molecule has 0 unspecified atom stereocenters. The molecule has 0 aromatic carbocycles. The zero-order chi connectivity index (χ0) is 7.98. The van der Waals surface area contributed by atoms with E-state index >= 15 is 0 Å². The van der Waals surface area contributed by atoms with Crippen molar-refractivity contribution in [3.05, 3.63) is 0 Å². The molecule has 0 aliphatic rings. The zero-order valence-electron chi connectivity index (χ0n) is 5.15. The van der Waals surface area contributed by atoms with E-state index in [0.29, 0.717) is 12.3 Å².